The first kappa shape index (κ1) is 60.1. The molecule has 0 atom stereocenters. The first-order chi connectivity index (χ1) is 41.4. The lowest BCUT2D eigenvalue weighted by Crippen LogP contribution is -2.13. The van der Waals surface area contributed by atoms with Gasteiger partial charge in [-0.25, -0.2) is 82.0 Å². The minimum Gasteiger partial charge on any atom is -0.338 e. The number of hydrogen-bond donors (Lipinski definition) is 6. The molecule has 0 saturated carbocycles. The second-order valence-corrected chi connectivity index (χ2v) is 23.8. The van der Waals surface area contributed by atoms with Gasteiger partial charge in [-0.2, -0.15) is 0 Å². The summed E-state index contributed by atoms with van der Waals surface area (Å²) in [7, 11) is -11.6. The molecule has 0 unspecified atom stereocenters. The van der Waals surface area contributed by atoms with E-state index in [4.69, 9.17) is 15.4 Å². The van der Waals surface area contributed by atoms with Gasteiger partial charge in [-0.1, -0.05) is 97.1 Å². The van der Waals surface area contributed by atoms with Gasteiger partial charge in [0.15, 0.2) is 23.3 Å². The van der Waals surface area contributed by atoms with Gasteiger partial charge in [0.1, 0.15) is 29.1 Å². The van der Waals surface area contributed by atoms with Gasteiger partial charge in [0, 0.05) is 27.8 Å². The van der Waals surface area contributed by atoms with E-state index in [2.05, 4.69) is 29.9 Å². The number of aromatic amines is 3. The minimum absolute atomic E-state index is 0.0283. The van der Waals surface area contributed by atoms with E-state index in [0.29, 0.717) is 89.5 Å². The number of rotatable bonds is 12. The summed E-state index contributed by atoms with van der Waals surface area (Å²) in [6.07, 6.45) is 9.17. The highest BCUT2D eigenvalue weighted by molar-refractivity contribution is 7.89. The van der Waals surface area contributed by atoms with Crippen LogP contribution < -0.4 is 15.4 Å². The molecule has 0 aliphatic carbocycles. The van der Waals surface area contributed by atoms with Gasteiger partial charge in [-0.15, -0.1) is 0 Å². The van der Waals surface area contributed by atoms with E-state index >= 15 is 0 Å². The maximum atomic E-state index is 13.8. The standard InChI is InChI=1S/3C21H15F2N3O2S/c22-16-6-3-4-13(21(16)23)9-11-20-25-17-10-8-14(12-18(17)26-20)15-5-1-2-7-19(15)29(24,27)28;22-15-7-8-17(23)14(11-15)6-10-21-25-18-9-5-13(12-19(18)26-21)16-3-1-2-4-20(16)29(24,27)28;22-16-8-5-13(11-17(16)23)6-10-21-25-18-9-7-14(12-19(18)26-21)15-3-1-2-4-20(15)29(24,27)28/h3*1-12H,(H,25,26)(H2,24,27,28)/b11-9+;2*10-6+. The molecule has 24 heteroatoms. The number of hydrogen-bond acceptors (Lipinski definition) is 9. The van der Waals surface area contributed by atoms with E-state index < -0.39 is 65.0 Å². The zero-order valence-electron chi connectivity index (χ0n) is 44.8. The van der Waals surface area contributed by atoms with Gasteiger partial charge >= 0.3 is 0 Å². The van der Waals surface area contributed by atoms with Crippen LogP contribution in [0.5, 0.6) is 0 Å². The molecule has 0 aliphatic rings. The highest BCUT2D eigenvalue weighted by Gasteiger charge is 2.19. The number of sulfonamides is 3. The normalized spacial score (nSPS) is 12.1. The summed E-state index contributed by atoms with van der Waals surface area (Å²) in [5.74, 6) is -3.35. The number of benzene rings is 9. The summed E-state index contributed by atoms with van der Waals surface area (Å²) in [5.41, 5.74) is 8.08. The maximum absolute atomic E-state index is 13.8. The second-order valence-electron chi connectivity index (χ2n) is 19.2. The summed E-state index contributed by atoms with van der Waals surface area (Å²) >= 11 is 0. The quantitative estimate of drug-likeness (QED) is 0.0634. The number of fused-ring (bicyclic) bond motifs is 3. The molecule has 0 radical (unpaired) electrons. The summed E-state index contributed by atoms with van der Waals surface area (Å²) in [6.45, 7) is 0. The van der Waals surface area contributed by atoms with E-state index in [1.54, 1.807) is 121 Å². The van der Waals surface area contributed by atoms with Crippen LogP contribution in [0.3, 0.4) is 0 Å². The highest BCUT2D eigenvalue weighted by Crippen LogP contribution is 2.32. The van der Waals surface area contributed by atoms with Gasteiger partial charge in [-0.05, 0) is 144 Å². The Bertz CT molecular complexity index is 4930. The van der Waals surface area contributed by atoms with Crippen molar-refractivity contribution in [1.29, 1.82) is 0 Å². The Labute approximate surface area is 493 Å². The van der Waals surface area contributed by atoms with Crippen LogP contribution >= 0.6 is 0 Å². The van der Waals surface area contributed by atoms with E-state index in [-0.39, 0.29) is 25.8 Å². The monoisotopic (exact) mass is 1230 g/mol. The number of imidazole rings is 3. The molecule has 0 fully saturated rings. The van der Waals surface area contributed by atoms with Crippen molar-refractivity contribution in [3.63, 3.8) is 0 Å². The molecule has 9 N–H and O–H groups in total. The molecule has 0 spiro atoms. The third-order valence-electron chi connectivity index (χ3n) is 13.2. The fourth-order valence-corrected chi connectivity index (χ4v) is 11.4. The maximum Gasteiger partial charge on any atom is 0.238 e. The summed E-state index contributed by atoms with van der Waals surface area (Å²) in [5, 5.41) is 15.9. The number of nitrogens with one attached hydrogen (secondary N) is 3. The highest BCUT2D eigenvalue weighted by atomic mass is 32.2. The molecule has 0 amide bonds. The predicted octanol–water partition coefficient (Wildman–Crippen LogP) is 13.0. The van der Waals surface area contributed by atoms with Crippen LogP contribution in [0, 0.1) is 34.9 Å². The Morgan fingerprint density at radius 2 is 0.747 bits per heavy atom. The summed E-state index contributed by atoms with van der Waals surface area (Å²) < 4.78 is 152. The van der Waals surface area contributed by atoms with Crippen molar-refractivity contribution in [3.05, 3.63) is 251 Å². The molecule has 15 nitrogen and oxygen atoms in total. The fraction of sp³-hybridized carbons (Fsp3) is 0. The second kappa shape index (κ2) is 24.9. The van der Waals surface area contributed by atoms with Gasteiger partial charge < -0.3 is 15.0 Å². The van der Waals surface area contributed by atoms with Crippen molar-refractivity contribution in [3.8, 4) is 33.4 Å². The predicted molar refractivity (Wildman–Crippen MR) is 325 cm³/mol. The largest absolute Gasteiger partial charge is 0.338 e. The van der Waals surface area contributed by atoms with E-state index in [0.717, 1.165) is 36.4 Å². The van der Waals surface area contributed by atoms with Gasteiger partial charge in [-0.3, -0.25) is 0 Å². The molecule has 3 heterocycles. The van der Waals surface area contributed by atoms with Crippen molar-refractivity contribution < 1.29 is 51.6 Å². The van der Waals surface area contributed by atoms with Gasteiger partial charge in [0.2, 0.25) is 30.1 Å². The molecule has 12 aromatic rings. The van der Waals surface area contributed by atoms with Crippen LogP contribution in [-0.4, -0.2) is 55.2 Å². The topological polar surface area (TPSA) is 267 Å². The molecule has 87 heavy (non-hydrogen) atoms. The number of H-pyrrole nitrogens is 3. The van der Waals surface area contributed by atoms with Crippen LogP contribution in [0.25, 0.3) is 103 Å². The SMILES string of the molecule is NS(=O)(=O)c1ccccc1-c1ccc2nc(/C=C/c3cc(F)ccc3F)[nH]c2c1.NS(=O)(=O)c1ccccc1-c1ccc2nc(/C=C/c3ccc(F)c(F)c3)[nH]c2c1.NS(=O)(=O)c1ccccc1-c1ccc2nc(/C=C/c3cccc(F)c3F)[nH]c2c1. The van der Waals surface area contributed by atoms with Crippen LogP contribution in [0.2, 0.25) is 0 Å². The molecule has 3 aromatic heterocycles. The van der Waals surface area contributed by atoms with Crippen molar-refractivity contribution in [1.82, 2.24) is 29.9 Å². The third kappa shape index (κ3) is 14.2. The molecule has 0 bridgehead atoms. The van der Waals surface area contributed by atoms with Crippen molar-refractivity contribution in [2.75, 3.05) is 0 Å². The number of primary sulfonamides is 3. The first-order valence-electron chi connectivity index (χ1n) is 25.7. The molecular formula is C63H45F6N9O6S3. The van der Waals surface area contributed by atoms with Crippen LogP contribution in [-0.2, 0) is 30.1 Å². The number of halogens is 6. The molecule has 438 valence electrons. The molecular weight excluding hydrogens is 1190 g/mol. The molecule has 9 aromatic carbocycles. The van der Waals surface area contributed by atoms with Crippen LogP contribution in [0.15, 0.2) is 197 Å². The minimum atomic E-state index is -3.88. The Balaban J connectivity index is 0.000000144. The average molecular weight is 1230 g/mol. The fourth-order valence-electron chi connectivity index (χ4n) is 9.11. The zero-order chi connectivity index (χ0) is 61.8. The van der Waals surface area contributed by atoms with Crippen molar-refractivity contribution >= 4 is 99.6 Å². The van der Waals surface area contributed by atoms with E-state index in [9.17, 15) is 51.6 Å². The lowest BCUT2D eigenvalue weighted by atomic mass is 10.1. The average Bonchev–Trinajstić information content (AvgIpc) is 2.73. The smallest absolute Gasteiger partial charge is 0.238 e. The van der Waals surface area contributed by atoms with Crippen molar-refractivity contribution in [2.45, 2.75) is 14.7 Å². The molecule has 0 aliphatic heterocycles. The number of aromatic nitrogens is 6. The van der Waals surface area contributed by atoms with Gasteiger partial charge in [0.05, 0.1) is 47.8 Å². The van der Waals surface area contributed by atoms with Crippen LogP contribution in [0.1, 0.15) is 34.2 Å². The Morgan fingerprint density at radius 1 is 0.345 bits per heavy atom. The third-order valence-corrected chi connectivity index (χ3v) is 16.1. The molecule has 12 rings (SSSR count). The molecule has 0 saturated heterocycles. The van der Waals surface area contributed by atoms with Crippen LogP contribution in [0.4, 0.5) is 26.3 Å². The Hall–Kier alpha value is -10.1. The summed E-state index contributed by atoms with van der Waals surface area (Å²) in [6, 6.07) is 45.9. The number of nitrogens with two attached hydrogens (primary N) is 3. The lowest BCUT2D eigenvalue weighted by molar-refractivity contribution is 0.507. The van der Waals surface area contributed by atoms with E-state index in [1.165, 1.54) is 60.7 Å². The Kier molecular flexibility index (Phi) is 17.2. The van der Waals surface area contributed by atoms with Crippen molar-refractivity contribution in [2.24, 2.45) is 15.4 Å². The zero-order valence-corrected chi connectivity index (χ0v) is 47.2. The number of nitrogens with zero attached hydrogens (tertiary/aromatic N) is 3. The first-order valence-corrected chi connectivity index (χ1v) is 30.3. The van der Waals surface area contributed by atoms with E-state index in [1.807, 2.05) is 0 Å². The lowest BCUT2D eigenvalue weighted by Gasteiger charge is -2.07. The van der Waals surface area contributed by atoms with Gasteiger partial charge in [0.25, 0.3) is 0 Å². The Morgan fingerprint density at radius 3 is 1.17 bits per heavy atom. The summed E-state index contributed by atoms with van der Waals surface area (Å²) in [4.78, 5) is 22.5.